The topological polar surface area (TPSA) is 178 Å². The van der Waals surface area contributed by atoms with Crippen LogP contribution in [0.25, 0.3) is 0 Å². The van der Waals surface area contributed by atoms with Gasteiger partial charge in [0, 0.05) is 6.42 Å². The number of carbonyl (C=O) groups excluding carboxylic acids is 6. The Balaban J connectivity index is 2.00. The number of alkyl carbamates (subject to hydrolysis) is 1. The van der Waals surface area contributed by atoms with E-state index in [0.717, 1.165) is 37.7 Å². The fraction of sp³-hybridized carbons (Fsp3) is 0.657. The quantitative estimate of drug-likeness (QED) is 0.150. The third-order valence-corrected chi connectivity index (χ3v) is 7.52. The van der Waals surface area contributed by atoms with Crippen molar-refractivity contribution in [3.63, 3.8) is 0 Å². The zero-order valence-corrected chi connectivity index (χ0v) is 29.4. The van der Waals surface area contributed by atoms with Crippen LogP contribution in [0, 0.1) is 5.92 Å². The van der Waals surface area contributed by atoms with Crippen LogP contribution in [0.1, 0.15) is 105 Å². The van der Waals surface area contributed by atoms with E-state index in [1.54, 1.807) is 20.8 Å². The van der Waals surface area contributed by atoms with E-state index in [-0.39, 0.29) is 37.9 Å². The third-order valence-electron chi connectivity index (χ3n) is 7.52. The lowest BCUT2D eigenvalue weighted by molar-refractivity contribution is -0.151. The average molecular weight is 675 g/mol. The Morgan fingerprint density at radius 3 is 1.98 bits per heavy atom. The van der Waals surface area contributed by atoms with Crippen LogP contribution < -0.4 is 21.3 Å². The molecule has 0 bridgehead atoms. The summed E-state index contributed by atoms with van der Waals surface area (Å²) in [5.41, 5.74) is -0.0337. The highest BCUT2D eigenvalue weighted by Crippen LogP contribution is 2.21. The second-order valence-electron chi connectivity index (χ2n) is 13.7. The Morgan fingerprint density at radius 2 is 1.38 bits per heavy atom. The van der Waals surface area contributed by atoms with Crippen LogP contribution in [0.3, 0.4) is 0 Å². The Hall–Kier alpha value is -4.16. The average Bonchev–Trinajstić information content (AvgIpc) is 3.01. The molecule has 48 heavy (non-hydrogen) atoms. The molecule has 4 amide bonds. The lowest BCUT2D eigenvalue weighted by Crippen LogP contribution is -2.57. The molecule has 1 aromatic carbocycles. The van der Waals surface area contributed by atoms with E-state index in [9.17, 15) is 28.8 Å². The van der Waals surface area contributed by atoms with Gasteiger partial charge >= 0.3 is 18.0 Å². The first-order valence-corrected chi connectivity index (χ1v) is 16.8. The SMILES string of the molecule is CC(C)C[C@H](NC(=O)[C@@H](C)NC(=O)[C@H](CCC(=O)OC1CCCCC1)NC(=O)OC(C)(C)C)C(=O)N[C@H](C)C(=O)OCc1ccccc1. The van der Waals surface area contributed by atoms with Gasteiger partial charge in [-0.25, -0.2) is 9.59 Å². The number of nitrogens with one attached hydrogen (secondary N) is 4. The summed E-state index contributed by atoms with van der Waals surface area (Å²) in [5, 5.41) is 10.3. The summed E-state index contributed by atoms with van der Waals surface area (Å²) in [6.45, 7) is 11.8. The van der Waals surface area contributed by atoms with Crippen molar-refractivity contribution in [3.05, 3.63) is 35.9 Å². The number of rotatable bonds is 16. The first-order chi connectivity index (χ1) is 22.5. The monoisotopic (exact) mass is 674 g/mol. The number of hydrogen-bond acceptors (Lipinski definition) is 9. The van der Waals surface area contributed by atoms with Gasteiger partial charge in [-0.05, 0) is 84.6 Å². The maximum Gasteiger partial charge on any atom is 0.408 e. The molecular formula is C35H54N4O9. The maximum absolute atomic E-state index is 13.3. The van der Waals surface area contributed by atoms with Gasteiger partial charge in [0.2, 0.25) is 17.7 Å². The first kappa shape index (κ1) is 40.0. The number of hydrogen-bond donors (Lipinski definition) is 4. The Bertz CT molecular complexity index is 1230. The molecule has 0 radical (unpaired) electrons. The van der Waals surface area contributed by atoms with Crippen molar-refractivity contribution < 1.29 is 43.0 Å². The van der Waals surface area contributed by atoms with Crippen LogP contribution in [0.2, 0.25) is 0 Å². The number of ether oxygens (including phenoxy) is 3. The zero-order chi connectivity index (χ0) is 35.9. The summed E-state index contributed by atoms with van der Waals surface area (Å²) in [6.07, 6.45) is 3.72. The summed E-state index contributed by atoms with van der Waals surface area (Å²) < 4.78 is 16.2. The molecule has 13 heteroatoms. The predicted molar refractivity (Wildman–Crippen MR) is 178 cm³/mol. The van der Waals surface area contributed by atoms with E-state index in [1.165, 1.54) is 13.8 Å². The highest BCUT2D eigenvalue weighted by molar-refractivity contribution is 5.94. The van der Waals surface area contributed by atoms with Gasteiger partial charge < -0.3 is 35.5 Å². The van der Waals surface area contributed by atoms with Crippen LogP contribution in [-0.4, -0.2) is 71.6 Å². The molecule has 0 aliphatic heterocycles. The fourth-order valence-electron chi connectivity index (χ4n) is 5.01. The van der Waals surface area contributed by atoms with Gasteiger partial charge in [0.15, 0.2) is 0 Å². The largest absolute Gasteiger partial charge is 0.462 e. The van der Waals surface area contributed by atoms with Gasteiger partial charge in [-0.2, -0.15) is 0 Å². The number of esters is 2. The van der Waals surface area contributed by atoms with Crippen molar-refractivity contribution in [2.24, 2.45) is 5.92 Å². The fourth-order valence-corrected chi connectivity index (χ4v) is 5.01. The van der Waals surface area contributed by atoms with Gasteiger partial charge in [-0.1, -0.05) is 50.6 Å². The molecule has 0 aromatic heterocycles. The first-order valence-electron chi connectivity index (χ1n) is 16.8. The van der Waals surface area contributed by atoms with Crippen molar-refractivity contribution in [2.45, 2.75) is 142 Å². The van der Waals surface area contributed by atoms with Gasteiger partial charge in [0.25, 0.3) is 0 Å². The van der Waals surface area contributed by atoms with E-state index in [2.05, 4.69) is 21.3 Å². The second-order valence-corrected chi connectivity index (χ2v) is 13.7. The van der Waals surface area contributed by atoms with Gasteiger partial charge in [-0.15, -0.1) is 0 Å². The molecule has 0 spiro atoms. The molecule has 0 saturated heterocycles. The molecule has 4 N–H and O–H groups in total. The minimum atomic E-state index is -1.20. The van der Waals surface area contributed by atoms with Crippen molar-refractivity contribution in [3.8, 4) is 0 Å². The molecule has 0 unspecified atom stereocenters. The van der Waals surface area contributed by atoms with Gasteiger partial charge in [0.05, 0.1) is 0 Å². The molecule has 1 aliphatic rings. The van der Waals surface area contributed by atoms with E-state index in [1.807, 2.05) is 44.2 Å². The van der Waals surface area contributed by atoms with Crippen molar-refractivity contribution >= 4 is 35.8 Å². The molecular weight excluding hydrogens is 620 g/mol. The molecule has 13 nitrogen and oxygen atoms in total. The third kappa shape index (κ3) is 15.6. The van der Waals surface area contributed by atoms with Crippen molar-refractivity contribution in [2.75, 3.05) is 0 Å². The molecule has 0 heterocycles. The summed E-state index contributed by atoms with van der Waals surface area (Å²) in [5.74, 6) is -3.06. The Morgan fingerprint density at radius 1 is 0.771 bits per heavy atom. The van der Waals surface area contributed by atoms with Crippen LogP contribution in [0.15, 0.2) is 30.3 Å². The van der Waals surface area contributed by atoms with Crippen LogP contribution in [-0.2, 0) is 44.8 Å². The molecule has 1 aromatic rings. The van der Waals surface area contributed by atoms with Gasteiger partial charge in [-0.3, -0.25) is 19.2 Å². The molecule has 1 fully saturated rings. The van der Waals surface area contributed by atoms with E-state index < -0.39 is 65.5 Å². The van der Waals surface area contributed by atoms with E-state index >= 15 is 0 Å². The van der Waals surface area contributed by atoms with E-state index in [0.29, 0.717) is 0 Å². The molecule has 2 rings (SSSR count). The molecule has 1 aliphatic carbocycles. The lowest BCUT2D eigenvalue weighted by Gasteiger charge is -2.26. The normalized spacial score (nSPS) is 16.0. The highest BCUT2D eigenvalue weighted by Gasteiger charge is 2.31. The molecule has 4 atom stereocenters. The summed E-state index contributed by atoms with van der Waals surface area (Å²) in [7, 11) is 0. The van der Waals surface area contributed by atoms with E-state index in [4.69, 9.17) is 14.2 Å². The lowest BCUT2D eigenvalue weighted by atomic mass is 9.98. The second kappa shape index (κ2) is 19.6. The summed E-state index contributed by atoms with van der Waals surface area (Å²) >= 11 is 0. The van der Waals surface area contributed by atoms with Crippen LogP contribution >= 0.6 is 0 Å². The number of benzene rings is 1. The summed E-state index contributed by atoms with van der Waals surface area (Å²) in [6, 6.07) is 4.81. The van der Waals surface area contributed by atoms with Crippen LogP contribution in [0.5, 0.6) is 0 Å². The highest BCUT2D eigenvalue weighted by atomic mass is 16.6. The minimum Gasteiger partial charge on any atom is -0.462 e. The van der Waals surface area contributed by atoms with Crippen molar-refractivity contribution in [1.29, 1.82) is 0 Å². The standard InChI is InChI=1S/C35H54N4O9/c1-22(2)20-28(32(43)37-24(4)33(44)46-21-25-14-10-8-11-15-25)38-30(41)23(3)36-31(42)27(39-34(45)48-35(5,6)7)18-19-29(40)47-26-16-12-9-13-17-26/h8,10-11,14-15,22-24,26-28H,9,12-13,16-21H2,1-7H3,(H,36,42)(H,37,43)(H,38,41)(H,39,45)/t23-,24-,27+,28+/m1/s1. The maximum atomic E-state index is 13.3. The van der Waals surface area contributed by atoms with Gasteiger partial charge in [0.1, 0.15) is 42.5 Å². The smallest absolute Gasteiger partial charge is 0.408 e. The molecule has 268 valence electrons. The predicted octanol–water partition coefficient (Wildman–Crippen LogP) is 3.82. The zero-order valence-electron chi connectivity index (χ0n) is 29.4. The Labute approximate surface area is 284 Å². The summed E-state index contributed by atoms with van der Waals surface area (Å²) in [4.78, 5) is 77.3. The number of carbonyl (C=O) groups is 6. The number of amides is 4. The van der Waals surface area contributed by atoms with Crippen LogP contribution in [0.4, 0.5) is 4.79 Å². The molecule has 1 saturated carbocycles. The Kier molecular flexibility index (Phi) is 16.3. The minimum absolute atomic E-state index is 0.00191. The van der Waals surface area contributed by atoms with Crippen molar-refractivity contribution in [1.82, 2.24) is 21.3 Å².